The molecule has 1 aromatic carbocycles. The number of hydrogen-bond acceptors (Lipinski definition) is 5. The molecular weight excluding hydrogens is 320 g/mol. The number of carbonyl (C=O) groups is 1. The molecule has 1 heterocycles. The van der Waals surface area contributed by atoms with Crippen LogP contribution < -0.4 is 5.32 Å². The van der Waals surface area contributed by atoms with Crippen molar-refractivity contribution in [3.05, 3.63) is 46.0 Å². The predicted molar refractivity (Wildman–Crippen MR) is 89.2 cm³/mol. The molecule has 0 aliphatic rings. The van der Waals surface area contributed by atoms with E-state index in [1.54, 1.807) is 24.3 Å². The molecule has 2 aromatic rings. The number of carbonyl (C=O) groups excluding carboxylic acids is 1. The maximum absolute atomic E-state index is 12.2. The Kier molecular flexibility index (Phi) is 4.97. The predicted octanol–water partition coefficient (Wildman–Crippen LogP) is 2.81. The quantitative estimate of drug-likeness (QED) is 0.909. The third kappa shape index (κ3) is 4.38. The summed E-state index contributed by atoms with van der Waals surface area (Å²) < 4.78 is 22.5. The highest BCUT2D eigenvalue weighted by Gasteiger charge is 2.11. The molecule has 1 N–H and O–H groups in total. The van der Waals surface area contributed by atoms with Crippen LogP contribution in [0.1, 0.15) is 33.4 Å². The van der Waals surface area contributed by atoms with Crippen LogP contribution in [0.2, 0.25) is 0 Å². The zero-order valence-electron chi connectivity index (χ0n) is 12.7. The summed E-state index contributed by atoms with van der Waals surface area (Å²) in [7, 11) is -3.07. The van der Waals surface area contributed by atoms with E-state index in [1.165, 1.54) is 17.6 Å². The van der Waals surface area contributed by atoms with Gasteiger partial charge in [0.2, 0.25) is 0 Å². The molecule has 5 nitrogen and oxygen atoms in total. The number of rotatable bonds is 5. The van der Waals surface area contributed by atoms with Gasteiger partial charge in [0.25, 0.3) is 5.91 Å². The Labute approximate surface area is 134 Å². The van der Waals surface area contributed by atoms with Crippen molar-refractivity contribution in [2.45, 2.75) is 26.0 Å². The third-order valence-corrected chi connectivity index (χ3v) is 4.88. The summed E-state index contributed by atoms with van der Waals surface area (Å²) in [6.45, 7) is 4.00. The molecule has 2 rings (SSSR count). The van der Waals surface area contributed by atoms with Crippen LogP contribution in [-0.2, 0) is 22.0 Å². The maximum atomic E-state index is 12.2. The van der Waals surface area contributed by atoms with E-state index in [9.17, 15) is 13.2 Å². The van der Waals surface area contributed by atoms with Crippen molar-refractivity contribution >= 4 is 32.2 Å². The number of sulfone groups is 1. The molecule has 0 unspecified atom stereocenters. The van der Waals surface area contributed by atoms with Crippen molar-refractivity contribution in [1.82, 2.24) is 4.98 Å². The molecule has 0 aliphatic heterocycles. The first-order valence-corrected chi connectivity index (χ1v) is 9.70. The molecule has 0 radical (unpaired) electrons. The maximum Gasteiger partial charge on any atom is 0.257 e. The number of thiazole rings is 1. The highest BCUT2D eigenvalue weighted by molar-refractivity contribution is 7.89. The summed E-state index contributed by atoms with van der Waals surface area (Å²) >= 11 is 1.45. The number of hydrogen-bond donors (Lipinski definition) is 1. The van der Waals surface area contributed by atoms with Gasteiger partial charge in [-0.1, -0.05) is 19.1 Å². The monoisotopic (exact) mass is 338 g/mol. The number of benzene rings is 1. The largest absolute Gasteiger partial charge is 0.298 e. The minimum atomic E-state index is -3.07. The van der Waals surface area contributed by atoms with Crippen LogP contribution in [-0.4, -0.2) is 25.6 Å². The fourth-order valence-corrected chi connectivity index (χ4v) is 3.73. The Bertz CT molecular complexity index is 778. The van der Waals surface area contributed by atoms with Gasteiger partial charge >= 0.3 is 0 Å². The molecule has 7 heteroatoms. The van der Waals surface area contributed by atoms with Crippen LogP contribution in [0.5, 0.6) is 0 Å². The Morgan fingerprint density at radius 2 is 1.91 bits per heavy atom. The van der Waals surface area contributed by atoms with Crippen molar-refractivity contribution in [2.24, 2.45) is 0 Å². The molecule has 1 amide bonds. The van der Waals surface area contributed by atoms with E-state index in [2.05, 4.69) is 10.3 Å². The highest BCUT2D eigenvalue weighted by atomic mass is 32.2. The van der Waals surface area contributed by atoms with Gasteiger partial charge < -0.3 is 0 Å². The minimum Gasteiger partial charge on any atom is -0.298 e. The average Bonchev–Trinajstić information content (AvgIpc) is 2.77. The van der Waals surface area contributed by atoms with Crippen LogP contribution >= 0.6 is 11.3 Å². The van der Waals surface area contributed by atoms with Gasteiger partial charge in [-0.2, -0.15) is 0 Å². The van der Waals surface area contributed by atoms with Gasteiger partial charge in [0.15, 0.2) is 15.0 Å². The average molecular weight is 338 g/mol. The van der Waals surface area contributed by atoms with E-state index in [0.29, 0.717) is 16.3 Å². The first kappa shape index (κ1) is 16.6. The fourth-order valence-electron chi connectivity index (χ4n) is 2.03. The van der Waals surface area contributed by atoms with Gasteiger partial charge in [-0.05, 0) is 31.0 Å². The zero-order chi connectivity index (χ0) is 16.3. The second-order valence-electron chi connectivity index (χ2n) is 5.10. The Morgan fingerprint density at radius 3 is 2.41 bits per heavy atom. The van der Waals surface area contributed by atoms with Crippen molar-refractivity contribution in [3.8, 4) is 0 Å². The van der Waals surface area contributed by atoms with Crippen molar-refractivity contribution in [1.29, 1.82) is 0 Å². The number of amides is 1. The van der Waals surface area contributed by atoms with Crippen LogP contribution in [0.25, 0.3) is 0 Å². The topological polar surface area (TPSA) is 76.1 Å². The normalized spacial score (nSPS) is 11.4. The van der Waals surface area contributed by atoms with Crippen molar-refractivity contribution in [3.63, 3.8) is 0 Å². The number of aromatic nitrogens is 1. The highest BCUT2D eigenvalue weighted by Crippen LogP contribution is 2.23. The van der Waals surface area contributed by atoms with Gasteiger partial charge in [0.1, 0.15) is 0 Å². The number of nitrogens with zero attached hydrogens (tertiary/aromatic N) is 1. The van der Waals surface area contributed by atoms with Gasteiger partial charge in [0, 0.05) is 16.7 Å². The van der Waals surface area contributed by atoms with Crippen molar-refractivity contribution < 1.29 is 13.2 Å². The molecule has 0 bridgehead atoms. The minimum absolute atomic E-state index is 0.0273. The lowest BCUT2D eigenvalue weighted by molar-refractivity contribution is 0.102. The smallest absolute Gasteiger partial charge is 0.257 e. The molecule has 1 aromatic heterocycles. The Morgan fingerprint density at radius 1 is 1.27 bits per heavy atom. The van der Waals surface area contributed by atoms with E-state index in [1.807, 2.05) is 13.8 Å². The van der Waals surface area contributed by atoms with E-state index >= 15 is 0 Å². The lowest BCUT2D eigenvalue weighted by Gasteiger charge is -2.03. The molecular formula is C15H18N2O3S2. The summed E-state index contributed by atoms with van der Waals surface area (Å²) in [6, 6.07) is 6.55. The van der Waals surface area contributed by atoms with Crippen LogP contribution in [0, 0.1) is 6.92 Å². The van der Waals surface area contributed by atoms with E-state index < -0.39 is 9.84 Å². The van der Waals surface area contributed by atoms with Crippen molar-refractivity contribution in [2.75, 3.05) is 11.6 Å². The lowest BCUT2D eigenvalue weighted by atomic mass is 10.1. The van der Waals surface area contributed by atoms with Gasteiger partial charge in [0.05, 0.1) is 11.4 Å². The molecule has 0 saturated carbocycles. The standard InChI is InChI=1S/C15H18N2O3S2/c1-4-13-10(2)21-15(16-13)17-14(18)12-7-5-11(6-8-12)9-22(3,19)20/h5-8H,4,9H2,1-3H3,(H,16,17,18). The molecule has 0 saturated heterocycles. The summed E-state index contributed by atoms with van der Waals surface area (Å²) in [4.78, 5) is 17.6. The Hall–Kier alpha value is -1.73. The summed E-state index contributed by atoms with van der Waals surface area (Å²) in [5.41, 5.74) is 2.13. The van der Waals surface area contributed by atoms with Crippen LogP contribution in [0.3, 0.4) is 0 Å². The number of anilines is 1. The van der Waals surface area contributed by atoms with E-state index in [-0.39, 0.29) is 11.7 Å². The first-order chi connectivity index (χ1) is 10.3. The summed E-state index contributed by atoms with van der Waals surface area (Å²) in [5.74, 6) is -0.275. The fraction of sp³-hybridized carbons (Fsp3) is 0.333. The van der Waals surface area contributed by atoms with Gasteiger partial charge in [-0.3, -0.25) is 10.1 Å². The molecule has 22 heavy (non-hydrogen) atoms. The second kappa shape index (κ2) is 6.58. The number of nitrogens with one attached hydrogen (secondary N) is 1. The van der Waals surface area contributed by atoms with Crippen LogP contribution in [0.15, 0.2) is 24.3 Å². The summed E-state index contributed by atoms with van der Waals surface area (Å²) in [5, 5.41) is 3.35. The molecule has 0 aliphatic carbocycles. The SMILES string of the molecule is CCc1nc(NC(=O)c2ccc(CS(C)(=O)=O)cc2)sc1C. The van der Waals surface area contributed by atoms with E-state index in [0.717, 1.165) is 17.0 Å². The molecule has 0 atom stereocenters. The summed E-state index contributed by atoms with van der Waals surface area (Å²) in [6.07, 6.45) is 2.02. The first-order valence-electron chi connectivity index (χ1n) is 6.83. The zero-order valence-corrected chi connectivity index (χ0v) is 14.3. The molecule has 118 valence electrons. The van der Waals surface area contributed by atoms with Crippen LogP contribution in [0.4, 0.5) is 5.13 Å². The van der Waals surface area contributed by atoms with E-state index in [4.69, 9.17) is 0 Å². The third-order valence-electron chi connectivity index (χ3n) is 3.09. The van der Waals surface area contributed by atoms with Gasteiger partial charge in [-0.15, -0.1) is 11.3 Å². The molecule has 0 spiro atoms. The van der Waals surface area contributed by atoms with Gasteiger partial charge in [-0.25, -0.2) is 13.4 Å². The number of aryl methyl sites for hydroxylation is 2. The second-order valence-corrected chi connectivity index (χ2v) is 8.44. The lowest BCUT2D eigenvalue weighted by Crippen LogP contribution is -2.12. The molecule has 0 fully saturated rings. The Balaban J connectivity index is 2.09.